The van der Waals surface area contributed by atoms with Gasteiger partial charge < -0.3 is 15.3 Å². The normalized spacial score (nSPS) is 51.2. The van der Waals surface area contributed by atoms with E-state index in [1.807, 2.05) is 6.92 Å². The summed E-state index contributed by atoms with van der Waals surface area (Å²) in [6.45, 7) is 1.85. The maximum atomic E-state index is 12.0. The number of esters is 1. The third-order valence-electron chi connectivity index (χ3n) is 5.64. The lowest BCUT2D eigenvalue weighted by atomic mass is 9.53. The van der Waals surface area contributed by atoms with E-state index in [9.17, 15) is 9.59 Å². The van der Waals surface area contributed by atoms with Crippen LogP contribution in [0.2, 0.25) is 0 Å². The predicted octanol–water partition coefficient (Wildman–Crippen LogP) is 1.41. The zero-order valence-electron chi connectivity index (χ0n) is 10.9. The van der Waals surface area contributed by atoms with Crippen LogP contribution in [-0.4, -0.2) is 23.9 Å². The summed E-state index contributed by atoms with van der Waals surface area (Å²) in [6, 6.07) is 0. The highest BCUT2D eigenvalue weighted by atomic mass is 16.6. The molecular formula is C14H21NO3. The molecule has 0 aromatic carbocycles. The number of carbonyl (C=O) groups is 2. The largest absolute Gasteiger partial charge is 0.461 e. The van der Waals surface area contributed by atoms with Crippen LogP contribution in [0.4, 0.5) is 0 Å². The van der Waals surface area contributed by atoms with Crippen molar-refractivity contribution in [2.45, 2.75) is 57.1 Å². The predicted molar refractivity (Wildman–Crippen MR) is 65.7 cm³/mol. The molecule has 2 N–H and O–H groups in total. The lowest BCUT2D eigenvalue weighted by Crippen LogP contribution is -2.59. The summed E-state index contributed by atoms with van der Waals surface area (Å²) in [6.07, 6.45) is 6.42. The maximum Gasteiger partial charge on any atom is 0.310 e. The average molecular weight is 251 g/mol. The number of hydrogen-bond acceptors (Lipinski definition) is 4. The Morgan fingerprint density at radius 3 is 2.89 bits per heavy atom. The van der Waals surface area contributed by atoms with Crippen LogP contribution in [0.1, 0.15) is 45.4 Å². The molecule has 4 nitrogen and oxygen atoms in total. The average Bonchev–Trinajstić information content (AvgIpc) is 2.58. The molecule has 0 aromatic rings. The van der Waals surface area contributed by atoms with Gasteiger partial charge in [-0.2, -0.15) is 0 Å². The van der Waals surface area contributed by atoms with Crippen molar-refractivity contribution >= 4 is 12.3 Å². The highest BCUT2D eigenvalue weighted by Crippen LogP contribution is 2.56. The lowest BCUT2D eigenvalue weighted by Gasteiger charge is -2.51. The van der Waals surface area contributed by atoms with Gasteiger partial charge >= 0.3 is 5.97 Å². The minimum atomic E-state index is -0.609. The molecular weight excluding hydrogens is 230 g/mol. The SMILES string of the molecule is CC1OC(=O)C2CC3(N)CCCCC3CC12C=O. The Hall–Kier alpha value is -0.900. The molecule has 0 bridgehead atoms. The summed E-state index contributed by atoms with van der Waals surface area (Å²) in [7, 11) is 0. The van der Waals surface area contributed by atoms with Crippen LogP contribution < -0.4 is 5.73 Å². The first-order chi connectivity index (χ1) is 8.52. The number of ether oxygens (including phenoxy) is 1. The Morgan fingerprint density at radius 2 is 2.17 bits per heavy atom. The smallest absolute Gasteiger partial charge is 0.310 e. The van der Waals surface area contributed by atoms with Gasteiger partial charge in [0.25, 0.3) is 0 Å². The van der Waals surface area contributed by atoms with Crippen molar-refractivity contribution in [3.8, 4) is 0 Å². The number of hydrogen-bond donors (Lipinski definition) is 1. The summed E-state index contributed by atoms with van der Waals surface area (Å²) in [5.74, 6) is -0.169. The molecule has 2 aliphatic carbocycles. The molecule has 18 heavy (non-hydrogen) atoms. The first-order valence-electron chi connectivity index (χ1n) is 6.97. The Labute approximate surface area is 107 Å². The second kappa shape index (κ2) is 3.80. The van der Waals surface area contributed by atoms with E-state index in [1.165, 1.54) is 6.42 Å². The fraction of sp³-hybridized carbons (Fsp3) is 0.857. The fourth-order valence-corrected chi connectivity index (χ4v) is 4.39. The van der Waals surface area contributed by atoms with Crippen molar-refractivity contribution < 1.29 is 14.3 Å². The van der Waals surface area contributed by atoms with Gasteiger partial charge in [-0.05, 0) is 38.5 Å². The highest BCUT2D eigenvalue weighted by Gasteiger charge is 2.63. The fourth-order valence-electron chi connectivity index (χ4n) is 4.39. The van der Waals surface area contributed by atoms with Crippen LogP contribution in [0, 0.1) is 17.3 Å². The van der Waals surface area contributed by atoms with Crippen molar-refractivity contribution in [1.82, 2.24) is 0 Å². The number of carbonyl (C=O) groups excluding carboxylic acids is 2. The molecule has 100 valence electrons. The van der Waals surface area contributed by atoms with Crippen molar-refractivity contribution in [2.75, 3.05) is 0 Å². The van der Waals surface area contributed by atoms with E-state index < -0.39 is 5.41 Å². The second-order valence-corrected chi connectivity index (χ2v) is 6.45. The third kappa shape index (κ3) is 1.41. The summed E-state index contributed by atoms with van der Waals surface area (Å²) >= 11 is 0. The monoisotopic (exact) mass is 251 g/mol. The molecule has 5 atom stereocenters. The summed E-state index contributed by atoms with van der Waals surface area (Å²) < 4.78 is 5.33. The minimum Gasteiger partial charge on any atom is -0.461 e. The molecule has 0 spiro atoms. The summed E-state index contributed by atoms with van der Waals surface area (Å²) in [5, 5.41) is 0. The van der Waals surface area contributed by atoms with E-state index >= 15 is 0 Å². The van der Waals surface area contributed by atoms with Crippen LogP contribution in [0.25, 0.3) is 0 Å². The Bertz CT molecular complexity index is 397. The van der Waals surface area contributed by atoms with E-state index in [0.717, 1.165) is 32.0 Å². The maximum absolute atomic E-state index is 12.0. The summed E-state index contributed by atoms with van der Waals surface area (Å²) in [5.41, 5.74) is 5.66. The van der Waals surface area contributed by atoms with Gasteiger partial charge in [-0.15, -0.1) is 0 Å². The molecule has 0 radical (unpaired) electrons. The van der Waals surface area contributed by atoms with Crippen LogP contribution in [0.15, 0.2) is 0 Å². The number of fused-ring (bicyclic) bond motifs is 2. The Kier molecular flexibility index (Phi) is 2.56. The van der Waals surface area contributed by atoms with Gasteiger partial charge in [-0.3, -0.25) is 4.79 Å². The van der Waals surface area contributed by atoms with Gasteiger partial charge in [-0.25, -0.2) is 0 Å². The molecule has 2 saturated carbocycles. The highest BCUT2D eigenvalue weighted by molar-refractivity contribution is 5.83. The number of rotatable bonds is 1. The van der Waals surface area contributed by atoms with Crippen molar-refractivity contribution in [2.24, 2.45) is 23.0 Å². The van der Waals surface area contributed by atoms with Gasteiger partial charge in [-0.1, -0.05) is 12.8 Å². The minimum absolute atomic E-state index is 0.219. The Balaban J connectivity index is 1.98. The van der Waals surface area contributed by atoms with Gasteiger partial charge in [0, 0.05) is 5.54 Å². The lowest BCUT2D eigenvalue weighted by molar-refractivity contribution is -0.144. The van der Waals surface area contributed by atoms with Gasteiger partial charge in [0.05, 0.1) is 11.3 Å². The van der Waals surface area contributed by atoms with Gasteiger partial charge in [0.1, 0.15) is 12.4 Å². The van der Waals surface area contributed by atoms with Crippen LogP contribution in [0.5, 0.6) is 0 Å². The molecule has 0 amide bonds. The molecule has 3 rings (SSSR count). The zero-order chi connectivity index (χ0) is 13.0. The number of cyclic esters (lactones) is 1. The van der Waals surface area contributed by atoms with Crippen molar-refractivity contribution in [1.29, 1.82) is 0 Å². The van der Waals surface area contributed by atoms with Gasteiger partial charge in [0.2, 0.25) is 0 Å². The van der Waals surface area contributed by atoms with E-state index in [-0.39, 0.29) is 23.5 Å². The third-order valence-corrected chi connectivity index (χ3v) is 5.64. The second-order valence-electron chi connectivity index (χ2n) is 6.45. The molecule has 0 aromatic heterocycles. The molecule has 3 fully saturated rings. The zero-order valence-corrected chi connectivity index (χ0v) is 10.9. The Morgan fingerprint density at radius 1 is 1.39 bits per heavy atom. The van der Waals surface area contributed by atoms with Crippen molar-refractivity contribution in [3.63, 3.8) is 0 Å². The van der Waals surface area contributed by atoms with E-state index in [2.05, 4.69) is 0 Å². The van der Waals surface area contributed by atoms with Crippen LogP contribution in [0.3, 0.4) is 0 Å². The quantitative estimate of drug-likeness (QED) is 0.565. The molecule has 5 unspecified atom stereocenters. The number of aldehydes is 1. The first-order valence-corrected chi connectivity index (χ1v) is 6.97. The number of nitrogens with two attached hydrogens (primary N) is 1. The molecule has 1 heterocycles. The topological polar surface area (TPSA) is 69.4 Å². The molecule has 4 heteroatoms. The first kappa shape index (κ1) is 12.2. The standard InChI is InChI=1S/C14H21NO3/c1-9-13(8-16)6-10-4-2-3-5-14(10,15)7-11(13)12(17)18-9/h8-11H,2-7,15H2,1H3. The van der Waals surface area contributed by atoms with Crippen LogP contribution >= 0.6 is 0 Å². The van der Waals surface area contributed by atoms with Gasteiger partial charge in [0.15, 0.2) is 0 Å². The van der Waals surface area contributed by atoms with E-state index in [4.69, 9.17) is 10.5 Å². The van der Waals surface area contributed by atoms with E-state index in [0.29, 0.717) is 12.3 Å². The summed E-state index contributed by atoms with van der Waals surface area (Å²) in [4.78, 5) is 23.6. The van der Waals surface area contributed by atoms with E-state index in [1.54, 1.807) is 0 Å². The molecule has 1 aliphatic heterocycles. The molecule has 3 aliphatic rings. The van der Waals surface area contributed by atoms with Crippen LogP contribution in [-0.2, 0) is 14.3 Å². The molecule has 1 saturated heterocycles. The van der Waals surface area contributed by atoms with Crippen molar-refractivity contribution in [3.05, 3.63) is 0 Å².